The number of halogens is 2. The van der Waals surface area contributed by atoms with Gasteiger partial charge in [-0.15, -0.1) is 0 Å². The SMILES string of the molecule is O=C(CN1CCOCC1)N/N=C/c1c(F)cccc1Cl. The highest BCUT2D eigenvalue weighted by Crippen LogP contribution is 2.16. The van der Waals surface area contributed by atoms with Crippen LogP contribution in [0.3, 0.4) is 0 Å². The molecule has 1 aromatic rings. The summed E-state index contributed by atoms with van der Waals surface area (Å²) < 4.78 is 18.6. The van der Waals surface area contributed by atoms with Crippen molar-refractivity contribution in [2.75, 3.05) is 32.8 Å². The second-order valence-corrected chi connectivity index (χ2v) is 4.72. The third kappa shape index (κ3) is 4.26. The Labute approximate surface area is 121 Å². The summed E-state index contributed by atoms with van der Waals surface area (Å²) in [4.78, 5) is 13.6. The lowest BCUT2D eigenvalue weighted by atomic mass is 10.2. The Bertz CT molecular complexity index is 484. The van der Waals surface area contributed by atoms with Gasteiger partial charge in [-0.1, -0.05) is 17.7 Å². The highest BCUT2D eigenvalue weighted by Gasteiger charge is 2.13. The lowest BCUT2D eigenvalue weighted by Gasteiger charge is -2.25. The van der Waals surface area contributed by atoms with E-state index in [0.29, 0.717) is 13.2 Å². The molecule has 0 saturated carbocycles. The molecule has 1 amide bonds. The van der Waals surface area contributed by atoms with Crippen molar-refractivity contribution in [2.45, 2.75) is 0 Å². The van der Waals surface area contributed by atoms with Gasteiger partial charge in [0, 0.05) is 18.7 Å². The van der Waals surface area contributed by atoms with Crippen LogP contribution in [0.1, 0.15) is 5.56 Å². The van der Waals surface area contributed by atoms with E-state index in [-0.39, 0.29) is 23.0 Å². The number of ether oxygens (including phenoxy) is 1. The highest BCUT2D eigenvalue weighted by atomic mass is 35.5. The minimum atomic E-state index is -0.483. The summed E-state index contributed by atoms with van der Waals surface area (Å²) in [7, 11) is 0. The van der Waals surface area contributed by atoms with E-state index in [9.17, 15) is 9.18 Å². The standard InChI is InChI=1S/C13H15ClFN3O2/c14-11-2-1-3-12(15)10(11)8-16-17-13(19)9-18-4-6-20-7-5-18/h1-3,8H,4-7,9H2,(H,17,19)/b16-8+. The minimum Gasteiger partial charge on any atom is -0.379 e. The highest BCUT2D eigenvalue weighted by molar-refractivity contribution is 6.33. The monoisotopic (exact) mass is 299 g/mol. The Morgan fingerprint density at radius 3 is 2.95 bits per heavy atom. The fraction of sp³-hybridized carbons (Fsp3) is 0.385. The maximum Gasteiger partial charge on any atom is 0.254 e. The molecule has 0 unspecified atom stereocenters. The molecule has 1 aliphatic rings. The first-order valence-corrected chi connectivity index (χ1v) is 6.60. The van der Waals surface area contributed by atoms with Crippen molar-refractivity contribution < 1.29 is 13.9 Å². The average Bonchev–Trinajstić information content (AvgIpc) is 2.43. The number of nitrogens with one attached hydrogen (secondary N) is 1. The number of rotatable bonds is 4. The Hall–Kier alpha value is -1.50. The van der Waals surface area contributed by atoms with Crippen molar-refractivity contribution in [3.63, 3.8) is 0 Å². The van der Waals surface area contributed by atoms with E-state index in [2.05, 4.69) is 10.5 Å². The third-order valence-corrected chi connectivity index (χ3v) is 3.18. The summed E-state index contributed by atoms with van der Waals surface area (Å²) in [6.07, 6.45) is 1.20. The van der Waals surface area contributed by atoms with Gasteiger partial charge in [0.05, 0.1) is 31.0 Å². The molecule has 0 aliphatic carbocycles. The molecule has 0 bridgehead atoms. The van der Waals surface area contributed by atoms with E-state index < -0.39 is 5.82 Å². The first-order valence-electron chi connectivity index (χ1n) is 6.23. The molecule has 0 atom stereocenters. The second kappa shape index (κ2) is 7.33. The summed E-state index contributed by atoms with van der Waals surface area (Å²) in [5.74, 6) is -0.737. The van der Waals surface area contributed by atoms with E-state index in [4.69, 9.17) is 16.3 Å². The summed E-state index contributed by atoms with van der Waals surface area (Å²) in [6.45, 7) is 2.93. The van der Waals surface area contributed by atoms with E-state index in [0.717, 1.165) is 13.1 Å². The molecule has 1 heterocycles. The second-order valence-electron chi connectivity index (χ2n) is 4.32. The van der Waals surface area contributed by atoms with Crippen LogP contribution in [-0.2, 0) is 9.53 Å². The molecule has 2 rings (SSSR count). The number of nitrogens with zero attached hydrogens (tertiary/aromatic N) is 2. The quantitative estimate of drug-likeness (QED) is 0.673. The van der Waals surface area contributed by atoms with Crippen LogP contribution in [0.5, 0.6) is 0 Å². The zero-order chi connectivity index (χ0) is 14.4. The van der Waals surface area contributed by atoms with E-state index in [1.165, 1.54) is 18.3 Å². The molecule has 1 N–H and O–H groups in total. The number of hydrogen-bond acceptors (Lipinski definition) is 4. The number of hydrazone groups is 1. The Balaban J connectivity index is 1.84. The summed E-state index contributed by atoms with van der Waals surface area (Å²) in [6, 6.07) is 4.34. The van der Waals surface area contributed by atoms with Gasteiger partial charge in [-0.2, -0.15) is 5.10 Å². The topological polar surface area (TPSA) is 53.9 Å². The molecule has 20 heavy (non-hydrogen) atoms. The van der Waals surface area contributed by atoms with Crippen molar-refractivity contribution in [2.24, 2.45) is 5.10 Å². The van der Waals surface area contributed by atoms with Crippen molar-refractivity contribution in [1.29, 1.82) is 0 Å². The molecule has 1 aromatic carbocycles. The van der Waals surface area contributed by atoms with Crippen LogP contribution in [0.25, 0.3) is 0 Å². The van der Waals surface area contributed by atoms with Gasteiger partial charge in [-0.3, -0.25) is 9.69 Å². The summed E-state index contributed by atoms with van der Waals surface area (Å²) in [5, 5.41) is 3.97. The Kier molecular flexibility index (Phi) is 5.46. The number of carbonyl (C=O) groups excluding carboxylic acids is 1. The number of amides is 1. The lowest BCUT2D eigenvalue weighted by Crippen LogP contribution is -2.42. The first kappa shape index (κ1) is 14.9. The molecular formula is C13H15ClFN3O2. The van der Waals surface area contributed by atoms with Gasteiger partial charge in [0.1, 0.15) is 5.82 Å². The third-order valence-electron chi connectivity index (χ3n) is 2.85. The van der Waals surface area contributed by atoms with Gasteiger partial charge in [-0.25, -0.2) is 9.82 Å². The molecule has 1 saturated heterocycles. The predicted octanol–water partition coefficient (Wildman–Crippen LogP) is 1.26. The Morgan fingerprint density at radius 2 is 2.25 bits per heavy atom. The number of carbonyl (C=O) groups is 1. The van der Waals surface area contributed by atoms with Gasteiger partial charge in [0.25, 0.3) is 5.91 Å². The van der Waals surface area contributed by atoms with Crippen molar-refractivity contribution in [1.82, 2.24) is 10.3 Å². The van der Waals surface area contributed by atoms with E-state index >= 15 is 0 Å². The van der Waals surface area contributed by atoms with Gasteiger partial charge < -0.3 is 4.74 Å². The lowest BCUT2D eigenvalue weighted by molar-refractivity contribution is -0.123. The Morgan fingerprint density at radius 1 is 1.50 bits per heavy atom. The van der Waals surface area contributed by atoms with Gasteiger partial charge in [0.2, 0.25) is 0 Å². The van der Waals surface area contributed by atoms with Crippen LogP contribution in [0, 0.1) is 5.82 Å². The summed E-state index contributed by atoms with van der Waals surface area (Å²) in [5.41, 5.74) is 2.51. The fourth-order valence-electron chi connectivity index (χ4n) is 1.80. The predicted molar refractivity (Wildman–Crippen MR) is 74.4 cm³/mol. The van der Waals surface area contributed by atoms with Crippen LogP contribution in [0.4, 0.5) is 4.39 Å². The van der Waals surface area contributed by atoms with Gasteiger partial charge in [-0.05, 0) is 12.1 Å². The zero-order valence-electron chi connectivity index (χ0n) is 10.8. The molecule has 0 aromatic heterocycles. The molecule has 0 radical (unpaired) electrons. The summed E-state index contributed by atoms with van der Waals surface area (Å²) >= 11 is 5.83. The minimum absolute atomic E-state index is 0.154. The van der Waals surface area contributed by atoms with Crippen LogP contribution >= 0.6 is 11.6 Å². The van der Waals surface area contributed by atoms with Crippen LogP contribution < -0.4 is 5.43 Å². The number of benzene rings is 1. The van der Waals surface area contributed by atoms with Crippen molar-refractivity contribution in [3.8, 4) is 0 Å². The van der Waals surface area contributed by atoms with Crippen molar-refractivity contribution >= 4 is 23.7 Å². The van der Waals surface area contributed by atoms with Crippen LogP contribution in [0.2, 0.25) is 5.02 Å². The normalized spacial score (nSPS) is 16.5. The molecule has 7 heteroatoms. The average molecular weight is 300 g/mol. The molecule has 1 fully saturated rings. The van der Waals surface area contributed by atoms with Crippen LogP contribution in [-0.4, -0.2) is 49.9 Å². The molecule has 108 valence electrons. The van der Waals surface area contributed by atoms with Crippen molar-refractivity contribution in [3.05, 3.63) is 34.6 Å². The maximum atomic E-state index is 13.4. The zero-order valence-corrected chi connectivity index (χ0v) is 11.6. The molecule has 1 aliphatic heterocycles. The van der Waals surface area contributed by atoms with Gasteiger partial charge >= 0.3 is 0 Å². The largest absolute Gasteiger partial charge is 0.379 e. The molecular weight excluding hydrogens is 285 g/mol. The molecule has 0 spiro atoms. The maximum absolute atomic E-state index is 13.4. The van der Waals surface area contributed by atoms with Gasteiger partial charge in [0.15, 0.2) is 0 Å². The van der Waals surface area contributed by atoms with E-state index in [1.54, 1.807) is 6.07 Å². The van der Waals surface area contributed by atoms with Crippen LogP contribution in [0.15, 0.2) is 23.3 Å². The van der Waals surface area contributed by atoms with E-state index in [1.807, 2.05) is 4.90 Å². The first-order chi connectivity index (χ1) is 9.66. The molecule has 5 nitrogen and oxygen atoms in total. The fourth-order valence-corrected chi connectivity index (χ4v) is 2.01. The number of hydrogen-bond donors (Lipinski definition) is 1. The number of morpholine rings is 1. The smallest absolute Gasteiger partial charge is 0.254 e.